The van der Waals surface area contributed by atoms with Gasteiger partial charge in [0.05, 0.1) is 24.7 Å². The quantitative estimate of drug-likeness (QED) is 0.363. The van der Waals surface area contributed by atoms with Crippen molar-refractivity contribution in [2.75, 3.05) is 19.8 Å². The molecule has 27 heavy (non-hydrogen) atoms. The fourth-order valence-electron chi connectivity index (χ4n) is 2.41. The molecule has 0 unspecified atom stereocenters. The summed E-state index contributed by atoms with van der Waals surface area (Å²) in [6, 6.07) is 3.60. The van der Waals surface area contributed by atoms with Crippen LogP contribution in [0, 0.1) is 5.92 Å². The van der Waals surface area contributed by atoms with Gasteiger partial charge in [0.25, 0.3) is 0 Å². The largest absolute Gasteiger partial charge is 0.465 e. The molecule has 0 aliphatic carbocycles. The molecule has 0 bridgehead atoms. The van der Waals surface area contributed by atoms with Gasteiger partial charge >= 0.3 is 17.9 Å². The molecule has 0 amide bonds. The van der Waals surface area contributed by atoms with Crippen LogP contribution in [0.5, 0.6) is 0 Å². The number of ether oxygens (including phenoxy) is 3. The lowest BCUT2D eigenvalue weighted by Gasteiger charge is -2.14. The first-order valence-electron chi connectivity index (χ1n) is 8.56. The topological polar surface area (TPSA) is 105 Å². The monoisotopic (exact) mass is 395 g/mol. The summed E-state index contributed by atoms with van der Waals surface area (Å²) >= 11 is 1.37. The van der Waals surface area contributed by atoms with Crippen molar-refractivity contribution in [3.05, 3.63) is 28.8 Å². The number of rotatable bonds is 9. The highest BCUT2D eigenvalue weighted by Crippen LogP contribution is 2.32. The number of hydrogen-bond donors (Lipinski definition) is 0. The first-order chi connectivity index (χ1) is 13.0. The van der Waals surface area contributed by atoms with E-state index >= 15 is 0 Å². The van der Waals surface area contributed by atoms with Gasteiger partial charge in [-0.05, 0) is 32.2 Å². The third-order valence-corrected chi connectivity index (χ3v) is 4.42. The van der Waals surface area contributed by atoms with Crippen LogP contribution < -0.4 is 0 Å². The molecule has 146 valence electrons. The van der Waals surface area contributed by atoms with Crippen molar-refractivity contribution in [2.45, 2.75) is 27.2 Å². The van der Waals surface area contributed by atoms with Crippen molar-refractivity contribution in [3.8, 4) is 10.6 Å². The number of esters is 3. The third-order valence-electron chi connectivity index (χ3n) is 3.55. The molecule has 0 spiro atoms. The summed E-state index contributed by atoms with van der Waals surface area (Å²) in [5.41, 5.74) is 0.237. The maximum Gasteiger partial charge on any atom is 0.360 e. The van der Waals surface area contributed by atoms with Crippen molar-refractivity contribution in [1.29, 1.82) is 0 Å². The molecular weight excluding hydrogens is 374 g/mol. The van der Waals surface area contributed by atoms with E-state index in [0.29, 0.717) is 16.2 Å². The van der Waals surface area contributed by atoms with Crippen molar-refractivity contribution < 1.29 is 33.1 Å². The average Bonchev–Trinajstić information content (AvgIpc) is 3.29. The molecule has 0 saturated carbocycles. The molecule has 9 heteroatoms. The highest BCUT2D eigenvalue weighted by molar-refractivity contribution is 7.13. The van der Waals surface area contributed by atoms with E-state index in [1.807, 2.05) is 11.4 Å². The number of nitrogens with zero attached hydrogens (tertiary/aromatic N) is 1. The average molecular weight is 395 g/mol. The Balaban J connectivity index is 2.45. The molecule has 2 aromatic rings. The van der Waals surface area contributed by atoms with Crippen molar-refractivity contribution in [1.82, 2.24) is 5.16 Å². The molecule has 0 aliphatic heterocycles. The van der Waals surface area contributed by atoms with Gasteiger partial charge < -0.3 is 18.7 Å². The second-order valence-corrected chi connectivity index (χ2v) is 6.25. The minimum atomic E-state index is -1.24. The van der Waals surface area contributed by atoms with E-state index in [1.165, 1.54) is 11.3 Å². The van der Waals surface area contributed by atoms with Gasteiger partial charge in [0.2, 0.25) is 0 Å². The Hall–Kier alpha value is -2.68. The Morgan fingerprint density at radius 2 is 1.70 bits per heavy atom. The minimum absolute atomic E-state index is 0.0705. The first kappa shape index (κ1) is 20.6. The number of carbonyl (C=O) groups is 3. The van der Waals surface area contributed by atoms with Gasteiger partial charge in [-0.2, -0.15) is 0 Å². The fourth-order valence-corrected chi connectivity index (χ4v) is 3.14. The molecule has 0 aliphatic rings. The summed E-state index contributed by atoms with van der Waals surface area (Å²) in [5, 5.41) is 5.64. The first-order valence-corrected chi connectivity index (χ1v) is 9.44. The standard InChI is InChI=1S/C18H21NO7S/c1-4-23-16(20)12(17(21)24-5-2)10-11-14(18(22)25-6-3)19-26-15(11)13-8-7-9-27-13/h7-9,12H,4-6,10H2,1-3H3. The predicted molar refractivity (Wildman–Crippen MR) is 96.2 cm³/mol. The molecular formula is C18H21NO7S. The zero-order valence-electron chi connectivity index (χ0n) is 15.4. The zero-order valence-corrected chi connectivity index (χ0v) is 16.2. The number of hydrogen-bond acceptors (Lipinski definition) is 9. The Morgan fingerprint density at radius 1 is 1.07 bits per heavy atom. The summed E-state index contributed by atoms with van der Waals surface area (Å²) < 4.78 is 20.3. The Bertz CT molecular complexity index is 764. The Kier molecular flexibility index (Phi) is 7.54. The van der Waals surface area contributed by atoms with E-state index in [0.717, 1.165) is 0 Å². The van der Waals surface area contributed by atoms with Crippen LogP contribution in [0.3, 0.4) is 0 Å². The van der Waals surface area contributed by atoms with Gasteiger partial charge in [-0.25, -0.2) is 4.79 Å². The van der Waals surface area contributed by atoms with Crippen LogP contribution in [-0.4, -0.2) is 42.9 Å². The van der Waals surface area contributed by atoms with Gasteiger partial charge in [-0.15, -0.1) is 11.3 Å². The van der Waals surface area contributed by atoms with E-state index in [2.05, 4.69) is 5.16 Å². The van der Waals surface area contributed by atoms with Crippen LogP contribution in [-0.2, 0) is 30.2 Å². The smallest absolute Gasteiger partial charge is 0.360 e. The minimum Gasteiger partial charge on any atom is -0.465 e. The van der Waals surface area contributed by atoms with Crippen LogP contribution in [0.2, 0.25) is 0 Å². The second-order valence-electron chi connectivity index (χ2n) is 5.30. The van der Waals surface area contributed by atoms with Crippen LogP contribution in [0.1, 0.15) is 36.8 Å². The number of carbonyl (C=O) groups excluding carboxylic acids is 3. The molecule has 2 heterocycles. The number of aromatic nitrogens is 1. The van der Waals surface area contributed by atoms with E-state index in [-0.39, 0.29) is 31.9 Å². The second kappa shape index (κ2) is 9.86. The third kappa shape index (κ3) is 4.94. The van der Waals surface area contributed by atoms with Crippen molar-refractivity contribution in [3.63, 3.8) is 0 Å². The van der Waals surface area contributed by atoms with Crippen LogP contribution >= 0.6 is 11.3 Å². The summed E-state index contributed by atoms with van der Waals surface area (Å²) in [6.45, 7) is 5.32. The van der Waals surface area contributed by atoms with E-state index in [9.17, 15) is 14.4 Å². The number of thiophene rings is 1. The van der Waals surface area contributed by atoms with Gasteiger partial charge in [-0.3, -0.25) is 9.59 Å². The zero-order chi connectivity index (χ0) is 19.8. The fraction of sp³-hybridized carbons (Fsp3) is 0.444. The van der Waals surface area contributed by atoms with Gasteiger partial charge in [0, 0.05) is 12.0 Å². The van der Waals surface area contributed by atoms with Crippen molar-refractivity contribution in [2.24, 2.45) is 5.92 Å². The lowest BCUT2D eigenvalue weighted by atomic mass is 9.97. The molecule has 2 aromatic heterocycles. The molecule has 0 saturated heterocycles. The van der Waals surface area contributed by atoms with E-state index in [1.54, 1.807) is 26.8 Å². The highest BCUT2D eigenvalue weighted by atomic mass is 32.1. The molecule has 0 aromatic carbocycles. The van der Waals surface area contributed by atoms with Gasteiger partial charge in [-0.1, -0.05) is 11.2 Å². The SMILES string of the molecule is CCOC(=O)c1noc(-c2cccs2)c1CC(C(=O)OCC)C(=O)OCC. The summed E-state index contributed by atoms with van der Waals surface area (Å²) in [6.07, 6.45) is -0.150. The summed E-state index contributed by atoms with van der Waals surface area (Å²) in [7, 11) is 0. The molecule has 8 nitrogen and oxygen atoms in total. The lowest BCUT2D eigenvalue weighted by Crippen LogP contribution is -2.30. The summed E-state index contributed by atoms with van der Waals surface area (Å²) in [4.78, 5) is 37.6. The predicted octanol–water partition coefficient (Wildman–Crippen LogP) is 2.86. The lowest BCUT2D eigenvalue weighted by molar-refractivity contribution is -0.161. The molecule has 0 radical (unpaired) electrons. The normalized spacial score (nSPS) is 10.7. The maximum absolute atomic E-state index is 12.3. The van der Waals surface area contributed by atoms with Crippen LogP contribution in [0.25, 0.3) is 10.6 Å². The molecule has 0 fully saturated rings. The molecule has 2 rings (SSSR count). The maximum atomic E-state index is 12.3. The van der Waals surface area contributed by atoms with Gasteiger partial charge in [0.15, 0.2) is 17.4 Å². The van der Waals surface area contributed by atoms with E-state index < -0.39 is 23.8 Å². The van der Waals surface area contributed by atoms with Crippen LogP contribution in [0.4, 0.5) is 0 Å². The summed E-state index contributed by atoms with van der Waals surface area (Å²) in [5.74, 6) is -3.08. The van der Waals surface area contributed by atoms with Crippen LogP contribution in [0.15, 0.2) is 22.0 Å². The molecule has 0 atom stereocenters. The van der Waals surface area contributed by atoms with Crippen molar-refractivity contribution >= 4 is 29.2 Å². The molecule has 0 N–H and O–H groups in total. The Labute approximate surface area is 160 Å². The highest BCUT2D eigenvalue weighted by Gasteiger charge is 2.35. The van der Waals surface area contributed by atoms with E-state index in [4.69, 9.17) is 18.7 Å². The Morgan fingerprint density at radius 3 is 2.22 bits per heavy atom. The van der Waals surface area contributed by atoms with Gasteiger partial charge in [0.1, 0.15) is 0 Å².